The first-order valence-electron chi connectivity index (χ1n) is 9.09. The van der Waals surface area contributed by atoms with Crippen molar-refractivity contribution in [3.05, 3.63) is 29.8 Å². The predicted octanol–water partition coefficient (Wildman–Crippen LogP) is 3.81. The van der Waals surface area contributed by atoms with Crippen molar-refractivity contribution < 1.29 is 9.53 Å². The number of carbonyl (C=O) groups excluding carboxylic acids is 1. The molecule has 4 nitrogen and oxygen atoms in total. The molecule has 2 N–H and O–H groups in total. The summed E-state index contributed by atoms with van der Waals surface area (Å²) < 4.78 is 6.04. The molecule has 25 heavy (non-hydrogen) atoms. The van der Waals surface area contributed by atoms with Gasteiger partial charge in [0.15, 0.2) is 0 Å². The summed E-state index contributed by atoms with van der Waals surface area (Å²) in [6.45, 7) is 5.43. The minimum atomic E-state index is -0.0422. The van der Waals surface area contributed by atoms with Gasteiger partial charge < -0.3 is 15.4 Å². The molecule has 0 radical (unpaired) electrons. The molecule has 1 fully saturated rings. The Morgan fingerprint density at radius 2 is 2.00 bits per heavy atom. The average molecular weight is 369 g/mol. The second-order valence-electron chi connectivity index (χ2n) is 7.79. The molecular weight excluding hydrogens is 336 g/mol. The van der Waals surface area contributed by atoms with Gasteiger partial charge in [-0.05, 0) is 61.8 Å². The van der Waals surface area contributed by atoms with Gasteiger partial charge in [-0.2, -0.15) is 0 Å². The van der Waals surface area contributed by atoms with Crippen LogP contribution < -0.4 is 10.5 Å². The number of nitrogens with two attached hydrogens (primary N) is 1. The molecule has 1 saturated carbocycles. The number of ether oxygens (including phenoxy) is 1. The fourth-order valence-electron chi connectivity index (χ4n) is 3.21. The number of hydrogen-bond donors (Lipinski definition) is 1. The van der Waals surface area contributed by atoms with E-state index >= 15 is 0 Å². The van der Waals surface area contributed by atoms with E-state index in [1.165, 1.54) is 12.8 Å². The van der Waals surface area contributed by atoms with Crippen molar-refractivity contribution >= 4 is 18.3 Å². The summed E-state index contributed by atoms with van der Waals surface area (Å²) >= 11 is 0. The lowest BCUT2D eigenvalue weighted by Gasteiger charge is -2.29. The predicted molar refractivity (Wildman–Crippen MR) is 105 cm³/mol. The summed E-state index contributed by atoms with van der Waals surface area (Å²) in [7, 11) is 1.86. The van der Waals surface area contributed by atoms with Crippen LogP contribution in [0.5, 0.6) is 5.75 Å². The third kappa shape index (κ3) is 7.25. The molecule has 0 spiro atoms. The maximum Gasteiger partial charge on any atom is 0.222 e. The van der Waals surface area contributed by atoms with Crippen molar-refractivity contribution in [3.8, 4) is 5.75 Å². The Morgan fingerprint density at radius 1 is 1.32 bits per heavy atom. The van der Waals surface area contributed by atoms with Crippen LogP contribution in [0.25, 0.3) is 0 Å². The second-order valence-corrected chi connectivity index (χ2v) is 7.79. The lowest BCUT2D eigenvalue weighted by Crippen LogP contribution is -2.39. The number of rotatable bonds is 8. The average Bonchev–Trinajstić information content (AvgIpc) is 3.05. The Hall–Kier alpha value is -1.26. The molecule has 0 saturated heterocycles. The van der Waals surface area contributed by atoms with Crippen LogP contribution in [-0.4, -0.2) is 37.0 Å². The van der Waals surface area contributed by atoms with Gasteiger partial charge in [0.25, 0.3) is 0 Å². The second kappa shape index (κ2) is 10.0. The highest BCUT2D eigenvalue weighted by Gasteiger charge is 2.21. The maximum absolute atomic E-state index is 12.3. The van der Waals surface area contributed by atoms with E-state index in [2.05, 4.69) is 26.0 Å². The highest BCUT2D eigenvalue weighted by molar-refractivity contribution is 5.85. The van der Waals surface area contributed by atoms with Gasteiger partial charge in [-0.25, -0.2) is 0 Å². The number of aryl methyl sites for hydroxylation is 1. The topological polar surface area (TPSA) is 55.6 Å². The van der Waals surface area contributed by atoms with Gasteiger partial charge in [0.1, 0.15) is 5.75 Å². The van der Waals surface area contributed by atoms with Crippen LogP contribution in [0.4, 0.5) is 0 Å². The molecule has 0 unspecified atom stereocenters. The van der Waals surface area contributed by atoms with E-state index in [9.17, 15) is 4.79 Å². The summed E-state index contributed by atoms with van der Waals surface area (Å²) in [5.41, 5.74) is 6.87. The van der Waals surface area contributed by atoms with Gasteiger partial charge >= 0.3 is 0 Å². The Bertz CT molecular complexity index is 542. The number of benzene rings is 1. The van der Waals surface area contributed by atoms with E-state index in [0.29, 0.717) is 25.6 Å². The SMILES string of the molecule is CN(CC(C)(C)CN)C(=O)CCc1cccc(OC2CCCC2)c1.Cl. The third-order valence-electron chi connectivity index (χ3n) is 4.77. The van der Waals surface area contributed by atoms with Crippen molar-refractivity contribution in [2.75, 3.05) is 20.1 Å². The van der Waals surface area contributed by atoms with E-state index in [4.69, 9.17) is 10.5 Å². The molecule has 2 rings (SSSR count). The normalized spacial score (nSPS) is 14.9. The van der Waals surface area contributed by atoms with Crippen molar-refractivity contribution in [3.63, 3.8) is 0 Å². The number of carbonyl (C=O) groups is 1. The molecular formula is C20H33ClN2O2. The first-order chi connectivity index (χ1) is 11.4. The molecule has 142 valence electrons. The molecule has 0 aromatic heterocycles. The van der Waals surface area contributed by atoms with Crippen LogP contribution in [0.1, 0.15) is 51.5 Å². The first kappa shape index (κ1) is 21.8. The Balaban J connectivity index is 0.00000312. The molecule has 0 heterocycles. The number of halogens is 1. The number of hydrogen-bond acceptors (Lipinski definition) is 3. The minimum absolute atomic E-state index is 0. The minimum Gasteiger partial charge on any atom is -0.490 e. The van der Waals surface area contributed by atoms with E-state index in [-0.39, 0.29) is 23.7 Å². The molecule has 1 aliphatic rings. The van der Waals surface area contributed by atoms with Crippen LogP contribution in [0.15, 0.2) is 24.3 Å². The van der Waals surface area contributed by atoms with E-state index in [1.54, 1.807) is 4.90 Å². The van der Waals surface area contributed by atoms with Gasteiger partial charge in [-0.15, -0.1) is 12.4 Å². The van der Waals surface area contributed by atoms with Gasteiger partial charge in [-0.3, -0.25) is 4.79 Å². The largest absolute Gasteiger partial charge is 0.490 e. The lowest BCUT2D eigenvalue weighted by molar-refractivity contribution is -0.131. The van der Waals surface area contributed by atoms with Gasteiger partial charge in [-0.1, -0.05) is 26.0 Å². The summed E-state index contributed by atoms with van der Waals surface area (Å²) in [4.78, 5) is 14.1. The van der Waals surface area contributed by atoms with Crippen LogP contribution in [-0.2, 0) is 11.2 Å². The fraction of sp³-hybridized carbons (Fsp3) is 0.650. The molecule has 5 heteroatoms. The highest BCUT2D eigenvalue weighted by Crippen LogP contribution is 2.25. The summed E-state index contributed by atoms with van der Waals surface area (Å²) in [6.07, 6.45) is 6.48. The third-order valence-corrected chi connectivity index (χ3v) is 4.77. The molecule has 0 aliphatic heterocycles. The van der Waals surface area contributed by atoms with Crippen LogP contribution in [0, 0.1) is 5.41 Å². The van der Waals surface area contributed by atoms with E-state index in [1.807, 2.05) is 19.2 Å². The Labute approximate surface area is 158 Å². The van der Waals surface area contributed by atoms with Crippen LogP contribution in [0.2, 0.25) is 0 Å². The summed E-state index contributed by atoms with van der Waals surface area (Å²) in [5, 5.41) is 0. The first-order valence-corrected chi connectivity index (χ1v) is 9.09. The van der Waals surface area contributed by atoms with Crippen molar-refractivity contribution in [2.45, 2.75) is 58.5 Å². The van der Waals surface area contributed by atoms with Gasteiger partial charge in [0.05, 0.1) is 6.10 Å². The van der Waals surface area contributed by atoms with Crippen molar-refractivity contribution in [1.29, 1.82) is 0 Å². The zero-order chi connectivity index (χ0) is 17.6. The number of amides is 1. The maximum atomic E-state index is 12.3. The van der Waals surface area contributed by atoms with Crippen LogP contribution in [0.3, 0.4) is 0 Å². The quantitative estimate of drug-likeness (QED) is 0.759. The van der Waals surface area contributed by atoms with Gasteiger partial charge in [0, 0.05) is 20.0 Å². The van der Waals surface area contributed by atoms with Crippen molar-refractivity contribution in [1.82, 2.24) is 4.90 Å². The number of nitrogens with zero attached hydrogens (tertiary/aromatic N) is 1. The fourth-order valence-corrected chi connectivity index (χ4v) is 3.21. The zero-order valence-corrected chi connectivity index (χ0v) is 16.6. The molecule has 0 bridgehead atoms. The molecule has 1 aromatic carbocycles. The Morgan fingerprint density at radius 3 is 2.64 bits per heavy atom. The summed E-state index contributed by atoms with van der Waals surface area (Å²) in [5.74, 6) is 1.10. The monoisotopic (exact) mass is 368 g/mol. The van der Waals surface area contributed by atoms with Gasteiger partial charge in [0.2, 0.25) is 5.91 Å². The standard InChI is InChI=1S/C20H32N2O2.ClH/c1-20(2,14-21)15-22(3)19(23)12-11-16-7-6-10-18(13-16)24-17-8-4-5-9-17;/h6-7,10,13,17H,4-5,8-9,11-12,14-15,21H2,1-3H3;1H. The van der Waals surface area contributed by atoms with E-state index in [0.717, 1.165) is 30.6 Å². The molecule has 0 atom stereocenters. The smallest absolute Gasteiger partial charge is 0.222 e. The summed E-state index contributed by atoms with van der Waals surface area (Å²) in [6, 6.07) is 8.18. The molecule has 1 aromatic rings. The molecule has 1 aliphatic carbocycles. The highest BCUT2D eigenvalue weighted by atomic mass is 35.5. The Kier molecular flexibility index (Phi) is 8.74. The van der Waals surface area contributed by atoms with E-state index < -0.39 is 0 Å². The van der Waals surface area contributed by atoms with Crippen LogP contribution >= 0.6 is 12.4 Å². The molecule has 1 amide bonds. The zero-order valence-electron chi connectivity index (χ0n) is 15.8. The van der Waals surface area contributed by atoms with Crippen molar-refractivity contribution in [2.24, 2.45) is 11.1 Å². The lowest BCUT2D eigenvalue weighted by atomic mass is 9.93.